The molecule has 62 valence electrons. The summed E-state index contributed by atoms with van der Waals surface area (Å²) in [6, 6.07) is 0. The number of allylic oxidation sites excluding steroid dienone is 4. The van der Waals surface area contributed by atoms with Crippen molar-refractivity contribution in [1.29, 1.82) is 0 Å². The van der Waals surface area contributed by atoms with Gasteiger partial charge in [0.05, 0.1) is 0 Å². The van der Waals surface area contributed by atoms with Gasteiger partial charge in [0.15, 0.2) is 0 Å². The average Bonchev–Trinajstić information content (AvgIpc) is 1.86. The molecule has 0 spiro atoms. The van der Waals surface area contributed by atoms with E-state index in [1.807, 2.05) is 0 Å². The van der Waals surface area contributed by atoms with Crippen LogP contribution >= 0.6 is 0 Å². The molecule has 0 radical (unpaired) electrons. The molecule has 0 aromatic heterocycles. The minimum Gasteiger partial charge on any atom is -0.0834 e. The molecule has 11 heavy (non-hydrogen) atoms. The van der Waals surface area contributed by atoms with Crippen molar-refractivity contribution in [3.8, 4) is 0 Å². The number of rotatable bonds is 2. The van der Waals surface area contributed by atoms with E-state index in [2.05, 4.69) is 39.0 Å². The van der Waals surface area contributed by atoms with Crippen LogP contribution in [-0.2, 0) is 0 Å². The van der Waals surface area contributed by atoms with Crippen LogP contribution in [0.2, 0.25) is 0 Å². The number of hydrogen-bond donors (Lipinski definition) is 0. The first-order valence-electron chi connectivity index (χ1n) is 4.52. The van der Waals surface area contributed by atoms with Crippen molar-refractivity contribution in [2.24, 2.45) is 5.41 Å². The summed E-state index contributed by atoms with van der Waals surface area (Å²) in [7, 11) is 0. The number of hydrogen-bond acceptors (Lipinski definition) is 0. The molecule has 1 rings (SSSR count). The Morgan fingerprint density at radius 1 is 1.55 bits per heavy atom. The molecule has 1 aliphatic carbocycles. The van der Waals surface area contributed by atoms with Crippen LogP contribution in [0.5, 0.6) is 0 Å². The highest BCUT2D eigenvalue weighted by Crippen LogP contribution is 2.33. The van der Waals surface area contributed by atoms with Crippen LogP contribution < -0.4 is 0 Å². The summed E-state index contributed by atoms with van der Waals surface area (Å²) in [5.41, 5.74) is 1.88. The third kappa shape index (κ3) is 2.21. The van der Waals surface area contributed by atoms with Gasteiger partial charge in [0.2, 0.25) is 0 Å². The van der Waals surface area contributed by atoms with E-state index in [1.54, 1.807) is 0 Å². The third-order valence-corrected chi connectivity index (χ3v) is 2.36. The van der Waals surface area contributed by atoms with E-state index in [9.17, 15) is 0 Å². The smallest absolute Gasteiger partial charge is 0.0106 e. The normalized spacial score (nSPS) is 30.3. The molecular weight excluding hydrogens is 132 g/mol. The van der Waals surface area contributed by atoms with Gasteiger partial charge in [-0.25, -0.2) is 0 Å². The van der Waals surface area contributed by atoms with E-state index in [0.717, 1.165) is 0 Å². The highest BCUT2D eigenvalue weighted by molar-refractivity contribution is 5.24. The maximum Gasteiger partial charge on any atom is -0.0106 e. The first-order chi connectivity index (χ1) is 5.16. The third-order valence-electron chi connectivity index (χ3n) is 2.36. The molecule has 0 nitrogen and oxygen atoms in total. The van der Waals surface area contributed by atoms with Crippen molar-refractivity contribution in [3.05, 3.63) is 23.8 Å². The molecule has 1 aliphatic rings. The molecule has 0 aliphatic heterocycles. The Labute approximate surface area is 70.0 Å². The summed E-state index contributed by atoms with van der Waals surface area (Å²) in [5.74, 6) is 0. The monoisotopic (exact) mass is 150 g/mol. The van der Waals surface area contributed by atoms with Gasteiger partial charge in [-0.3, -0.25) is 0 Å². The summed E-state index contributed by atoms with van der Waals surface area (Å²) in [5, 5.41) is 0. The summed E-state index contributed by atoms with van der Waals surface area (Å²) < 4.78 is 0. The molecule has 0 amide bonds. The lowest BCUT2D eigenvalue weighted by Crippen LogP contribution is -2.14. The summed E-state index contributed by atoms with van der Waals surface area (Å²) in [6.07, 6.45) is 10.7. The fourth-order valence-electron chi connectivity index (χ4n) is 1.92. The molecule has 0 heteroatoms. The molecule has 0 N–H and O–H groups in total. The van der Waals surface area contributed by atoms with Crippen LogP contribution in [0.25, 0.3) is 0 Å². The second-order valence-electron chi connectivity index (χ2n) is 3.90. The summed E-state index contributed by atoms with van der Waals surface area (Å²) >= 11 is 0. The summed E-state index contributed by atoms with van der Waals surface area (Å²) in [4.78, 5) is 0. The Morgan fingerprint density at radius 3 is 2.82 bits per heavy atom. The molecule has 0 heterocycles. The van der Waals surface area contributed by atoms with E-state index in [4.69, 9.17) is 0 Å². The largest absolute Gasteiger partial charge is 0.0834 e. The van der Waals surface area contributed by atoms with E-state index in [0.29, 0.717) is 5.41 Å². The minimum atomic E-state index is 0.452. The summed E-state index contributed by atoms with van der Waals surface area (Å²) in [6.45, 7) is 6.79. The van der Waals surface area contributed by atoms with Gasteiger partial charge in [0.25, 0.3) is 0 Å². The molecule has 0 bridgehead atoms. The van der Waals surface area contributed by atoms with Gasteiger partial charge < -0.3 is 0 Å². The zero-order valence-electron chi connectivity index (χ0n) is 7.85. The average molecular weight is 150 g/mol. The lowest BCUT2D eigenvalue weighted by atomic mass is 9.78. The zero-order chi connectivity index (χ0) is 8.32. The minimum absolute atomic E-state index is 0.452. The van der Waals surface area contributed by atoms with Gasteiger partial charge in [0.1, 0.15) is 0 Å². The van der Waals surface area contributed by atoms with Crippen LogP contribution in [0.15, 0.2) is 23.8 Å². The molecule has 1 atom stereocenters. The maximum absolute atomic E-state index is 2.41. The van der Waals surface area contributed by atoms with Gasteiger partial charge in [-0.2, -0.15) is 0 Å². The Bertz CT molecular complexity index is 186. The zero-order valence-corrected chi connectivity index (χ0v) is 7.85. The van der Waals surface area contributed by atoms with Crippen LogP contribution in [0.1, 0.15) is 40.0 Å². The molecule has 0 saturated heterocycles. The van der Waals surface area contributed by atoms with E-state index >= 15 is 0 Å². The quantitative estimate of drug-likeness (QED) is 0.563. The Hall–Kier alpha value is -0.520. The first kappa shape index (κ1) is 8.58. The fourth-order valence-corrected chi connectivity index (χ4v) is 1.92. The van der Waals surface area contributed by atoms with Crippen LogP contribution in [0, 0.1) is 5.41 Å². The van der Waals surface area contributed by atoms with Gasteiger partial charge in [-0.1, -0.05) is 44.1 Å². The van der Waals surface area contributed by atoms with Crippen LogP contribution in [0.3, 0.4) is 0 Å². The van der Waals surface area contributed by atoms with Crippen molar-refractivity contribution < 1.29 is 0 Å². The van der Waals surface area contributed by atoms with Crippen LogP contribution in [-0.4, -0.2) is 0 Å². The highest BCUT2D eigenvalue weighted by Gasteiger charge is 2.20. The second kappa shape index (κ2) is 3.25. The standard InChI is InChI=1S/C11H18/c1-4-7-11(3)8-5-6-10(2)9-11/h5-6,9H,4,7-8H2,1-3H3. The van der Waals surface area contributed by atoms with Crippen molar-refractivity contribution >= 4 is 0 Å². The van der Waals surface area contributed by atoms with Gasteiger partial charge in [-0.05, 0) is 25.2 Å². The molecule has 0 fully saturated rings. The fraction of sp³-hybridized carbons (Fsp3) is 0.636. The van der Waals surface area contributed by atoms with Crippen LogP contribution in [0.4, 0.5) is 0 Å². The topological polar surface area (TPSA) is 0 Å². The van der Waals surface area contributed by atoms with E-state index in [-0.39, 0.29) is 0 Å². The van der Waals surface area contributed by atoms with E-state index in [1.165, 1.54) is 24.8 Å². The van der Waals surface area contributed by atoms with Crippen molar-refractivity contribution in [1.82, 2.24) is 0 Å². The first-order valence-corrected chi connectivity index (χ1v) is 4.52. The molecular formula is C11H18. The molecule has 1 unspecified atom stereocenters. The highest BCUT2D eigenvalue weighted by atomic mass is 14.2. The van der Waals surface area contributed by atoms with E-state index < -0.39 is 0 Å². The van der Waals surface area contributed by atoms with Gasteiger partial charge in [-0.15, -0.1) is 0 Å². The van der Waals surface area contributed by atoms with Crippen molar-refractivity contribution in [3.63, 3.8) is 0 Å². The SMILES string of the molecule is CCCC1(C)C=C(C)C=CC1. The lowest BCUT2D eigenvalue weighted by Gasteiger charge is -2.27. The second-order valence-corrected chi connectivity index (χ2v) is 3.90. The lowest BCUT2D eigenvalue weighted by molar-refractivity contribution is 0.386. The molecule has 0 aromatic rings. The maximum atomic E-state index is 2.41. The predicted molar refractivity (Wildman–Crippen MR) is 50.5 cm³/mol. The molecule has 0 saturated carbocycles. The van der Waals surface area contributed by atoms with Gasteiger partial charge >= 0.3 is 0 Å². The molecule has 0 aromatic carbocycles. The predicted octanol–water partition coefficient (Wildman–Crippen LogP) is 3.70. The van der Waals surface area contributed by atoms with Gasteiger partial charge in [0, 0.05) is 0 Å². The Kier molecular flexibility index (Phi) is 2.53. The Balaban J connectivity index is 2.66. The Morgan fingerprint density at radius 2 is 2.27 bits per heavy atom. The van der Waals surface area contributed by atoms with Crippen molar-refractivity contribution in [2.75, 3.05) is 0 Å². The van der Waals surface area contributed by atoms with Crippen molar-refractivity contribution in [2.45, 2.75) is 40.0 Å².